The number of rotatable bonds is 3. The molecule has 2 heteroatoms. The minimum atomic E-state index is 0.0213. The summed E-state index contributed by atoms with van der Waals surface area (Å²) in [5.74, 6) is 0. The summed E-state index contributed by atoms with van der Waals surface area (Å²) in [4.78, 5) is 0. The first-order valence-electron chi connectivity index (χ1n) is 5.30. The molecule has 0 saturated heterocycles. The van der Waals surface area contributed by atoms with Gasteiger partial charge in [-0.1, -0.05) is 13.8 Å². The van der Waals surface area contributed by atoms with E-state index in [0.717, 1.165) is 0 Å². The summed E-state index contributed by atoms with van der Waals surface area (Å²) in [6, 6.07) is 1.29. The van der Waals surface area contributed by atoms with Crippen LogP contribution < -0.4 is 5.32 Å². The Balaban J connectivity index is 2.12. The SMILES string of the molecule is CC(C)N[C@H]1C[C@H](OC(C)(C)C)C1. The molecule has 0 spiro atoms. The van der Waals surface area contributed by atoms with Crippen LogP contribution in [0.15, 0.2) is 0 Å². The molecule has 78 valence electrons. The molecule has 0 radical (unpaired) electrons. The second kappa shape index (κ2) is 3.97. The summed E-state index contributed by atoms with van der Waals surface area (Å²) >= 11 is 0. The van der Waals surface area contributed by atoms with E-state index in [1.165, 1.54) is 12.8 Å². The van der Waals surface area contributed by atoms with Crippen molar-refractivity contribution in [3.8, 4) is 0 Å². The van der Waals surface area contributed by atoms with Crippen molar-refractivity contribution in [1.82, 2.24) is 5.32 Å². The van der Waals surface area contributed by atoms with Crippen LogP contribution in [0.4, 0.5) is 0 Å². The molecule has 0 amide bonds. The highest BCUT2D eigenvalue weighted by Crippen LogP contribution is 2.27. The van der Waals surface area contributed by atoms with E-state index < -0.39 is 0 Å². The molecule has 1 rings (SSSR count). The maximum Gasteiger partial charge on any atom is 0.0612 e. The van der Waals surface area contributed by atoms with Gasteiger partial charge in [-0.05, 0) is 33.6 Å². The topological polar surface area (TPSA) is 21.3 Å². The molecule has 0 aromatic carbocycles. The lowest BCUT2D eigenvalue weighted by Crippen LogP contribution is -2.49. The number of ether oxygens (including phenoxy) is 1. The van der Waals surface area contributed by atoms with Gasteiger partial charge in [-0.25, -0.2) is 0 Å². The third-order valence-electron chi connectivity index (χ3n) is 2.18. The molecule has 0 heterocycles. The average molecular weight is 185 g/mol. The van der Waals surface area contributed by atoms with Crippen molar-refractivity contribution in [1.29, 1.82) is 0 Å². The second-order valence-electron chi connectivity index (χ2n) is 5.34. The summed E-state index contributed by atoms with van der Waals surface area (Å²) in [5, 5.41) is 3.51. The van der Waals surface area contributed by atoms with E-state index in [2.05, 4.69) is 39.9 Å². The van der Waals surface area contributed by atoms with Gasteiger partial charge in [-0.2, -0.15) is 0 Å². The first-order chi connectivity index (χ1) is 5.87. The molecule has 0 bridgehead atoms. The van der Waals surface area contributed by atoms with Gasteiger partial charge in [0.1, 0.15) is 0 Å². The van der Waals surface area contributed by atoms with Crippen molar-refractivity contribution < 1.29 is 4.74 Å². The van der Waals surface area contributed by atoms with Crippen molar-refractivity contribution in [2.75, 3.05) is 0 Å². The lowest BCUT2D eigenvalue weighted by atomic mass is 9.88. The van der Waals surface area contributed by atoms with E-state index in [-0.39, 0.29) is 5.60 Å². The molecule has 0 aliphatic heterocycles. The summed E-state index contributed by atoms with van der Waals surface area (Å²) < 4.78 is 5.85. The largest absolute Gasteiger partial charge is 0.373 e. The Bertz CT molecular complexity index is 154. The maximum absolute atomic E-state index is 5.85. The fourth-order valence-electron chi connectivity index (χ4n) is 1.77. The fraction of sp³-hybridized carbons (Fsp3) is 1.00. The highest BCUT2D eigenvalue weighted by Gasteiger charge is 2.32. The molecule has 0 aromatic rings. The molecular weight excluding hydrogens is 162 g/mol. The van der Waals surface area contributed by atoms with Crippen molar-refractivity contribution in [3.63, 3.8) is 0 Å². The van der Waals surface area contributed by atoms with Gasteiger partial charge in [0.25, 0.3) is 0 Å². The zero-order chi connectivity index (χ0) is 10.1. The Morgan fingerprint density at radius 1 is 1.23 bits per heavy atom. The Morgan fingerprint density at radius 2 is 1.77 bits per heavy atom. The zero-order valence-corrected chi connectivity index (χ0v) is 9.55. The number of hydrogen-bond acceptors (Lipinski definition) is 2. The molecule has 0 aromatic heterocycles. The minimum absolute atomic E-state index is 0.0213. The van der Waals surface area contributed by atoms with E-state index in [1.807, 2.05) is 0 Å². The highest BCUT2D eigenvalue weighted by molar-refractivity contribution is 4.88. The summed E-state index contributed by atoms with van der Waals surface area (Å²) in [6.07, 6.45) is 2.83. The molecule has 1 N–H and O–H groups in total. The van der Waals surface area contributed by atoms with E-state index >= 15 is 0 Å². The van der Waals surface area contributed by atoms with Gasteiger partial charge < -0.3 is 10.1 Å². The van der Waals surface area contributed by atoms with Crippen LogP contribution in [0.5, 0.6) is 0 Å². The lowest BCUT2D eigenvalue weighted by molar-refractivity contribution is -0.103. The third-order valence-corrected chi connectivity index (χ3v) is 2.18. The van der Waals surface area contributed by atoms with Gasteiger partial charge in [-0.15, -0.1) is 0 Å². The monoisotopic (exact) mass is 185 g/mol. The van der Waals surface area contributed by atoms with Gasteiger partial charge in [0.05, 0.1) is 11.7 Å². The van der Waals surface area contributed by atoms with Crippen LogP contribution in [0.1, 0.15) is 47.5 Å². The van der Waals surface area contributed by atoms with Gasteiger partial charge in [0.15, 0.2) is 0 Å². The molecule has 1 aliphatic rings. The van der Waals surface area contributed by atoms with Crippen molar-refractivity contribution in [2.24, 2.45) is 0 Å². The first kappa shape index (κ1) is 11.0. The van der Waals surface area contributed by atoms with Crippen LogP contribution in [0, 0.1) is 0 Å². The smallest absolute Gasteiger partial charge is 0.0612 e. The Morgan fingerprint density at radius 3 is 2.15 bits per heavy atom. The van der Waals surface area contributed by atoms with Crippen LogP contribution in [0.3, 0.4) is 0 Å². The number of nitrogens with one attached hydrogen (secondary N) is 1. The Labute approximate surface area is 82.0 Å². The highest BCUT2D eigenvalue weighted by atomic mass is 16.5. The van der Waals surface area contributed by atoms with Crippen LogP contribution >= 0.6 is 0 Å². The van der Waals surface area contributed by atoms with Gasteiger partial charge in [-0.3, -0.25) is 0 Å². The first-order valence-corrected chi connectivity index (χ1v) is 5.30. The summed E-state index contributed by atoms with van der Waals surface area (Å²) in [5.41, 5.74) is 0.0213. The quantitative estimate of drug-likeness (QED) is 0.728. The van der Waals surface area contributed by atoms with E-state index in [9.17, 15) is 0 Å². The Kier molecular flexibility index (Phi) is 3.36. The predicted molar refractivity (Wildman–Crippen MR) is 55.9 cm³/mol. The van der Waals surface area contributed by atoms with Crippen molar-refractivity contribution in [3.05, 3.63) is 0 Å². The Hall–Kier alpha value is -0.0800. The van der Waals surface area contributed by atoms with Crippen LogP contribution in [-0.4, -0.2) is 23.8 Å². The normalized spacial score (nSPS) is 29.1. The standard InChI is InChI=1S/C11H23NO/c1-8(2)12-9-6-10(7-9)13-11(3,4)5/h8-10,12H,6-7H2,1-5H3/t9-,10-. The van der Waals surface area contributed by atoms with Crippen LogP contribution in [-0.2, 0) is 4.74 Å². The molecular formula is C11H23NO. The second-order valence-corrected chi connectivity index (χ2v) is 5.34. The van der Waals surface area contributed by atoms with Gasteiger partial charge in [0.2, 0.25) is 0 Å². The van der Waals surface area contributed by atoms with Crippen LogP contribution in [0.25, 0.3) is 0 Å². The fourth-order valence-corrected chi connectivity index (χ4v) is 1.77. The minimum Gasteiger partial charge on any atom is -0.373 e. The molecule has 1 aliphatic carbocycles. The molecule has 2 nitrogen and oxygen atoms in total. The molecule has 1 fully saturated rings. The van der Waals surface area contributed by atoms with Crippen LogP contribution in [0.2, 0.25) is 0 Å². The zero-order valence-electron chi connectivity index (χ0n) is 9.55. The predicted octanol–water partition coefficient (Wildman–Crippen LogP) is 2.33. The molecule has 0 atom stereocenters. The van der Waals surface area contributed by atoms with E-state index in [0.29, 0.717) is 18.2 Å². The average Bonchev–Trinajstić information content (AvgIpc) is 1.78. The maximum atomic E-state index is 5.85. The lowest BCUT2D eigenvalue weighted by Gasteiger charge is -2.40. The number of hydrogen-bond donors (Lipinski definition) is 1. The summed E-state index contributed by atoms with van der Waals surface area (Å²) in [7, 11) is 0. The van der Waals surface area contributed by atoms with Gasteiger partial charge in [0, 0.05) is 12.1 Å². The molecule has 13 heavy (non-hydrogen) atoms. The van der Waals surface area contributed by atoms with E-state index in [4.69, 9.17) is 4.74 Å². The van der Waals surface area contributed by atoms with Crippen molar-refractivity contribution >= 4 is 0 Å². The van der Waals surface area contributed by atoms with E-state index in [1.54, 1.807) is 0 Å². The molecule has 0 unspecified atom stereocenters. The molecule has 1 saturated carbocycles. The van der Waals surface area contributed by atoms with Crippen molar-refractivity contribution in [2.45, 2.75) is 71.2 Å². The van der Waals surface area contributed by atoms with Gasteiger partial charge >= 0.3 is 0 Å². The summed E-state index contributed by atoms with van der Waals surface area (Å²) in [6.45, 7) is 10.7. The third kappa shape index (κ3) is 4.10.